The molecule has 2 aliphatic rings. The van der Waals surface area contributed by atoms with E-state index in [9.17, 15) is 14.4 Å². The summed E-state index contributed by atoms with van der Waals surface area (Å²) in [5, 5.41) is 7.59. The minimum atomic E-state index is -0.764. The quantitative estimate of drug-likeness (QED) is 0.295. The van der Waals surface area contributed by atoms with E-state index < -0.39 is 18.1 Å². The van der Waals surface area contributed by atoms with Gasteiger partial charge in [0.2, 0.25) is 11.8 Å². The maximum absolute atomic E-state index is 14.1. The first-order valence-corrected chi connectivity index (χ1v) is 14.1. The molecule has 0 aliphatic carbocycles. The first-order valence-electron chi connectivity index (χ1n) is 13.7. The molecule has 40 heavy (non-hydrogen) atoms. The van der Waals surface area contributed by atoms with E-state index in [0.29, 0.717) is 23.4 Å². The average molecular weight is 555 g/mol. The van der Waals surface area contributed by atoms with Gasteiger partial charge in [-0.05, 0) is 40.8 Å². The highest BCUT2D eigenvalue weighted by molar-refractivity contribution is 6.31. The summed E-state index contributed by atoms with van der Waals surface area (Å²) in [4.78, 5) is 46.4. The standard InChI is InChI=1S/C32H31ClN4O3/c1-3-18(2)27(31(39)34-17-19-10-4-8-14-24(19)33)36-30(38)26-16-23-20-11-7-9-15-25(20)35-28(23)29-21-12-5-6-13-22(21)32(40)37(26)29/h4-15,18,26-27,29,35H,3,16-17H2,1-2H3,(H,34,39)(H,36,38)/t18-,26+,27+,29-/m1/s1. The molecule has 3 heterocycles. The minimum Gasteiger partial charge on any atom is -0.356 e. The van der Waals surface area contributed by atoms with Gasteiger partial charge < -0.3 is 20.5 Å². The zero-order valence-corrected chi connectivity index (χ0v) is 23.2. The van der Waals surface area contributed by atoms with Gasteiger partial charge in [0, 0.05) is 40.1 Å². The molecular weight excluding hydrogens is 524 g/mol. The number of H-pyrrole nitrogens is 1. The van der Waals surface area contributed by atoms with Crippen molar-refractivity contribution in [1.29, 1.82) is 0 Å². The van der Waals surface area contributed by atoms with Crippen LogP contribution in [0.4, 0.5) is 0 Å². The lowest BCUT2D eigenvalue weighted by Gasteiger charge is -2.38. The van der Waals surface area contributed by atoms with Crippen LogP contribution < -0.4 is 10.6 Å². The smallest absolute Gasteiger partial charge is 0.255 e. The van der Waals surface area contributed by atoms with Crippen LogP contribution in [0.1, 0.15) is 59.1 Å². The van der Waals surface area contributed by atoms with Gasteiger partial charge in [-0.2, -0.15) is 0 Å². The van der Waals surface area contributed by atoms with Gasteiger partial charge in [0.15, 0.2) is 0 Å². The largest absolute Gasteiger partial charge is 0.356 e. The summed E-state index contributed by atoms with van der Waals surface area (Å²) in [6.45, 7) is 4.18. The van der Waals surface area contributed by atoms with Crippen molar-refractivity contribution in [2.75, 3.05) is 0 Å². The van der Waals surface area contributed by atoms with Crippen LogP contribution in [0.15, 0.2) is 72.8 Å². The highest BCUT2D eigenvalue weighted by atomic mass is 35.5. The first kappa shape index (κ1) is 26.1. The van der Waals surface area contributed by atoms with Crippen LogP contribution in [0.5, 0.6) is 0 Å². The molecule has 204 valence electrons. The van der Waals surface area contributed by atoms with Crippen molar-refractivity contribution in [2.24, 2.45) is 5.92 Å². The second-order valence-electron chi connectivity index (χ2n) is 10.7. The number of aromatic nitrogens is 1. The Morgan fingerprint density at radius 3 is 2.58 bits per heavy atom. The molecule has 3 amide bonds. The predicted octanol–water partition coefficient (Wildman–Crippen LogP) is 5.14. The number of carbonyl (C=O) groups is 3. The molecule has 3 aromatic carbocycles. The Bertz CT molecular complexity index is 1630. The number of nitrogens with one attached hydrogen (secondary N) is 3. The molecule has 1 aromatic heterocycles. The SMILES string of the molecule is CC[C@@H](C)[C@H](NC(=O)[C@@H]1Cc2c([nH]c3ccccc23)[C@H]2c3ccccc3C(=O)N21)C(=O)NCc1ccccc1Cl. The number of hydrogen-bond donors (Lipinski definition) is 3. The number of rotatable bonds is 7. The molecule has 0 bridgehead atoms. The molecule has 0 unspecified atom stereocenters. The number of halogens is 1. The van der Waals surface area contributed by atoms with Crippen molar-refractivity contribution in [1.82, 2.24) is 20.5 Å². The van der Waals surface area contributed by atoms with Crippen molar-refractivity contribution in [2.45, 2.75) is 51.4 Å². The number of para-hydroxylation sites is 1. The molecule has 0 fully saturated rings. The van der Waals surface area contributed by atoms with Crippen molar-refractivity contribution < 1.29 is 14.4 Å². The molecule has 2 aliphatic heterocycles. The molecule has 4 aromatic rings. The molecule has 7 nitrogen and oxygen atoms in total. The van der Waals surface area contributed by atoms with Crippen LogP contribution in [0.25, 0.3) is 10.9 Å². The van der Waals surface area contributed by atoms with Crippen LogP contribution in [-0.2, 0) is 22.6 Å². The van der Waals surface area contributed by atoms with Crippen molar-refractivity contribution >= 4 is 40.2 Å². The highest BCUT2D eigenvalue weighted by Crippen LogP contribution is 2.46. The summed E-state index contributed by atoms with van der Waals surface area (Å²) in [7, 11) is 0. The predicted molar refractivity (Wildman–Crippen MR) is 155 cm³/mol. The number of fused-ring (bicyclic) bond motifs is 7. The van der Waals surface area contributed by atoms with Gasteiger partial charge in [0.1, 0.15) is 12.1 Å². The van der Waals surface area contributed by atoms with E-state index in [1.165, 1.54) is 0 Å². The Balaban J connectivity index is 1.32. The fourth-order valence-corrected chi connectivity index (χ4v) is 6.23. The van der Waals surface area contributed by atoms with E-state index in [1.807, 2.05) is 80.6 Å². The Morgan fingerprint density at radius 2 is 1.77 bits per heavy atom. The first-order chi connectivity index (χ1) is 19.4. The van der Waals surface area contributed by atoms with E-state index >= 15 is 0 Å². The topological polar surface area (TPSA) is 94.3 Å². The van der Waals surface area contributed by atoms with Crippen LogP contribution in [0.3, 0.4) is 0 Å². The number of aromatic amines is 1. The zero-order valence-electron chi connectivity index (χ0n) is 22.4. The number of amides is 3. The third kappa shape index (κ3) is 4.34. The summed E-state index contributed by atoms with van der Waals surface area (Å²) in [6.07, 6.45) is 1.05. The summed E-state index contributed by atoms with van der Waals surface area (Å²) < 4.78 is 0. The zero-order chi connectivity index (χ0) is 28.0. The number of carbonyl (C=O) groups excluding carboxylic acids is 3. The molecule has 8 heteroatoms. The van der Waals surface area contributed by atoms with Gasteiger partial charge in [0.05, 0.1) is 6.04 Å². The van der Waals surface area contributed by atoms with Crippen LogP contribution in [-0.4, -0.2) is 39.7 Å². The van der Waals surface area contributed by atoms with Gasteiger partial charge in [-0.3, -0.25) is 14.4 Å². The molecule has 4 atom stereocenters. The van der Waals surface area contributed by atoms with Crippen LogP contribution in [0.2, 0.25) is 5.02 Å². The normalized spacial score (nSPS) is 19.0. The van der Waals surface area contributed by atoms with Crippen molar-refractivity contribution in [3.8, 4) is 0 Å². The van der Waals surface area contributed by atoms with Crippen molar-refractivity contribution in [3.63, 3.8) is 0 Å². The van der Waals surface area contributed by atoms with E-state index in [4.69, 9.17) is 11.6 Å². The van der Waals surface area contributed by atoms with Gasteiger partial charge in [-0.15, -0.1) is 0 Å². The summed E-state index contributed by atoms with van der Waals surface area (Å²) in [5.41, 5.74) is 5.24. The molecule has 6 rings (SSSR count). The van der Waals surface area contributed by atoms with Gasteiger partial charge in [-0.25, -0.2) is 0 Å². The average Bonchev–Trinajstić information content (AvgIpc) is 3.50. The summed E-state index contributed by atoms with van der Waals surface area (Å²) in [6, 6.07) is 21.0. The lowest BCUT2D eigenvalue weighted by molar-refractivity contribution is -0.133. The Hall–Kier alpha value is -4.10. The van der Waals surface area contributed by atoms with E-state index in [-0.39, 0.29) is 30.2 Å². The Kier molecular flexibility index (Phi) is 6.84. The molecule has 0 spiro atoms. The number of hydrogen-bond acceptors (Lipinski definition) is 3. The second-order valence-corrected chi connectivity index (χ2v) is 11.1. The second kappa shape index (κ2) is 10.5. The van der Waals surface area contributed by atoms with Gasteiger partial charge >= 0.3 is 0 Å². The van der Waals surface area contributed by atoms with E-state index in [2.05, 4.69) is 15.6 Å². The maximum Gasteiger partial charge on any atom is 0.255 e. The van der Waals surface area contributed by atoms with Crippen LogP contribution in [0, 0.1) is 5.92 Å². The lowest BCUT2D eigenvalue weighted by atomic mass is 9.89. The maximum atomic E-state index is 14.1. The molecule has 0 radical (unpaired) electrons. The number of benzene rings is 3. The fourth-order valence-electron chi connectivity index (χ4n) is 6.02. The summed E-state index contributed by atoms with van der Waals surface area (Å²) in [5.74, 6) is -0.905. The summed E-state index contributed by atoms with van der Waals surface area (Å²) >= 11 is 6.28. The van der Waals surface area contributed by atoms with Gasteiger partial charge in [-0.1, -0.05) is 86.5 Å². The fraction of sp³-hybridized carbons (Fsp3) is 0.281. The molecule has 0 saturated heterocycles. The third-order valence-electron chi connectivity index (χ3n) is 8.36. The molecule has 0 saturated carbocycles. The van der Waals surface area contributed by atoms with Gasteiger partial charge in [0.25, 0.3) is 5.91 Å². The Labute approximate surface area is 237 Å². The molecular formula is C32H31ClN4O3. The van der Waals surface area contributed by atoms with E-state index in [1.54, 1.807) is 11.0 Å². The van der Waals surface area contributed by atoms with Crippen molar-refractivity contribution in [3.05, 3.63) is 106 Å². The molecule has 3 N–H and O–H groups in total. The van der Waals surface area contributed by atoms with E-state index in [0.717, 1.165) is 33.3 Å². The Morgan fingerprint density at radius 1 is 1.05 bits per heavy atom. The van der Waals surface area contributed by atoms with Crippen LogP contribution >= 0.6 is 11.6 Å². The monoisotopic (exact) mass is 554 g/mol. The number of nitrogens with zero attached hydrogens (tertiary/aromatic N) is 1. The lowest BCUT2D eigenvalue weighted by Crippen LogP contribution is -2.58. The third-order valence-corrected chi connectivity index (χ3v) is 8.73. The highest BCUT2D eigenvalue weighted by Gasteiger charge is 2.49. The minimum absolute atomic E-state index is 0.121.